The first-order valence-corrected chi connectivity index (χ1v) is 8.89. The summed E-state index contributed by atoms with van der Waals surface area (Å²) in [6, 6.07) is 14.9. The molecule has 5 heteroatoms. The van der Waals surface area contributed by atoms with E-state index in [1.165, 1.54) is 11.7 Å². The molecule has 1 aromatic heterocycles. The first-order valence-electron chi connectivity index (χ1n) is 8.01. The Morgan fingerprint density at radius 3 is 2.40 bits per heavy atom. The molecule has 0 N–H and O–H groups in total. The number of thioether (sulfide) groups is 1. The molecule has 3 rings (SSSR count). The lowest BCUT2D eigenvalue weighted by molar-refractivity contribution is 0.0603. The largest absolute Gasteiger partial charge is 0.465 e. The maximum absolute atomic E-state index is 13.2. The van der Waals surface area contributed by atoms with Crippen LogP contribution >= 0.6 is 11.8 Å². The van der Waals surface area contributed by atoms with E-state index in [9.17, 15) is 9.59 Å². The predicted octanol–water partition coefficient (Wildman–Crippen LogP) is 4.62. The van der Waals surface area contributed by atoms with Crippen molar-refractivity contribution < 1.29 is 14.3 Å². The highest BCUT2D eigenvalue weighted by atomic mass is 32.2. The van der Waals surface area contributed by atoms with E-state index in [0.29, 0.717) is 27.3 Å². The average Bonchev–Trinajstić information content (AvgIpc) is 3.00. The average molecular weight is 353 g/mol. The molecule has 2 aromatic carbocycles. The number of ether oxygens (including phenoxy) is 1. The molecule has 0 radical (unpaired) electrons. The minimum Gasteiger partial charge on any atom is -0.465 e. The van der Waals surface area contributed by atoms with Crippen LogP contribution in [0.5, 0.6) is 0 Å². The van der Waals surface area contributed by atoms with Gasteiger partial charge >= 0.3 is 5.97 Å². The van der Waals surface area contributed by atoms with Crippen LogP contribution in [0.1, 0.15) is 34.6 Å². The van der Waals surface area contributed by atoms with Gasteiger partial charge in [-0.25, -0.2) is 4.79 Å². The van der Waals surface area contributed by atoms with Crippen LogP contribution in [0.15, 0.2) is 59.6 Å². The van der Waals surface area contributed by atoms with E-state index < -0.39 is 5.97 Å². The Bertz CT molecular complexity index is 943. The van der Waals surface area contributed by atoms with Crippen molar-refractivity contribution in [3.8, 4) is 0 Å². The number of carbonyl (C=O) groups is 2. The standard InChI is InChI=1S/C20H19NO3S/c1-13(2)25-18-11-7-5-9-15(18)19(22)21-12-16(20(23)24-3)14-8-4-6-10-17(14)21/h4-13H,1-3H3. The number of aromatic nitrogens is 1. The zero-order valence-electron chi connectivity index (χ0n) is 14.4. The van der Waals surface area contributed by atoms with E-state index in [-0.39, 0.29) is 5.91 Å². The van der Waals surface area contributed by atoms with Crippen LogP contribution in [0, 0.1) is 0 Å². The van der Waals surface area contributed by atoms with Crippen LogP contribution in [-0.2, 0) is 4.74 Å². The third kappa shape index (κ3) is 3.33. The number of hydrogen-bond donors (Lipinski definition) is 0. The molecule has 0 saturated heterocycles. The number of methoxy groups -OCH3 is 1. The highest BCUT2D eigenvalue weighted by Gasteiger charge is 2.21. The predicted molar refractivity (Wildman–Crippen MR) is 100 cm³/mol. The molecule has 0 aliphatic heterocycles. The molecule has 0 spiro atoms. The smallest absolute Gasteiger partial charge is 0.340 e. The second-order valence-electron chi connectivity index (χ2n) is 5.89. The van der Waals surface area contributed by atoms with Gasteiger partial charge in [0.25, 0.3) is 5.91 Å². The van der Waals surface area contributed by atoms with Gasteiger partial charge in [0.15, 0.2) is 0 Å². The Labute approximate surface area is 150 Å². The first-order chi connectivity index (χ1) is 12.0. The van der Waals surface area contributed by atoms with Gasteiger partial charge in [0, 0.05) is 21.7 Å². The van der Waals surface area contributed by atoms with Crippen LogP contribution in [0.3, 0.4) is 0 Å². The monoisotopic (exact) mass is 353 g/mol. The van der Waals surface area contributed by atoms with Crippen molar-refractivity contribution in [1.82, 2.24) is 4.57 Å². The zero-order valence-corrected chi connectivity index (χ0v) is 15.2. The Morgan fingerprint density at radius 1 is 1.00 bits per heavy atom. The Morgan fingerprint density at radius 2 is 1.68 bits per heavy atom. The fraction of sp³-hybridized carbons (Fsp3) is 0.200. The maximum atomic E-state index is 13.2. The topological polar surface area (TPSA) is 48.3 Å². The van der Waals surface area contributed by atoms with Gasteiger partial charge in [-0.1, -0.05) is 44.2 Å². The van der Waals surface area contributed by atoms with Gasteiger partial charge in [-0.2, -0.15) is 0 Å². The fourth-order valence-electron chi connectivity index (χ4n) is 2.75. The molecule has 25 heavy (non-hydrogen) atoms. The van der Waals surface area contributed by atoms with E-state index in [1.54, 1.807) is 18.0 Å². The molecule has 0 fully saturated rings. The highest BCUT2D eigenvalue weighted by Crippen LogP contribution is 2.29. The molecule has 0 unspecified atom stereocenters. The Balaban J connectivity index is 2.14. The van der Waals surface area contributed by atoms with Crippen LogP contribution < -0.4 is 0 Å². The second-order valence-corrected chi connectivity index (χ2v) is 7.51. The third-order valence-electron chi connectivity index (χ3n) is 3.82. The number of carbonyl (C=O) groups excluding carboxylic acids is 2. The third-order valence-corrected chi connectivity index (χ3v) is 4.90. The van der Waals surface area contributed by atoms with Gasteiger partial charge in [0.05, 0.1) is 23.8 Å². The normalized spacial score (nSPS) is 11.0. The van der Waals surface area contributed by atoms with Crippen molar-refractivity contribution in [3.63, 3.8) is 0 Å². The molecule has 0 aliphatic carbocycles. The fourth-order valence-corrected chi connectivity index (χ4v) is 3.70. The molecule has 0 aliphatic rings. The molecule has 0 bridgehead atoms. The maximum Gasteiger partial charge on any atom is 0.340 e. The lowest BCUT2D eigenvalue weighted by Gasteiger charge is -2.11. The summed E-state index contributed by atoms with van der Waals surface area (Å²) in [5.41, 5.74) is 1.70. The minimum absolute atomic E-state index is 0.157. The lowest BCUT2D eigenvalue weighted by Crippen LogP contribution is -2.12. The number of para-hydroxylation sites is 1. The number of hydrogen-bond acceptors (Lipinski definition) is 4. The summed E-state index contributed by atoms with van der Waals surface area (Å²) in [6.45, 7) is 4.18. The Kier molecular flexibility index (Phi) is 4.95. The van der Waals surface area contributed by atoms with Crippen LogP contribution in [0.2, 0.25) is 0 Å². The summed E-state index contributed by atoms with van der Waals surface area (Å²) in [5, 5.41) is 1.07. The van der Waals surface area contributed by atoms with E-state index in [4.69, 9.17) is 4.74 Å². The second kappa shape index (κ2) is 7.15. The van der Waals surface area contributed by atoms with E-state index >= 15 is 0 Å². The van der Waals surface area contributed by atoms with Crippen molar-refractivity contribution in [2.24, 2.45) is 0 Å². The molecule has 3 aromatic rings. The van der Waals surface area contributed by atoms with Crippen LogP contribution in [0.4, 0.5) is 0 Å². The minimum atomic E-state index is -0.451. The first kappa shape index (κ1) is 17.3. The number of rotatable bonds is 4. The van der Waals surface area contributed by atoms with Gasteiger partial charge < -0.3 is 4.74 Å². The quantitative estimate of drug-likeness (QED) is 0.507. The summed E-state index contributed by atoms with van der Waals surface area (Å²) >= 11 is 1.65. The summed E-state index contributed by atoms with van der Waals surface area (Å²) in [7, 11) is 1.34. The van der Waals surface area contributed by atoms with Gasteiger partial charge in [0.2, 0.25) is 0 Å². The van der Waals surface area contributed by atoms with Crippen molar-refractivity contribution in [3.05, 3.63) is 65.9 Å². The number of fused-ring (bicyclic) bond motifs is 1. The van der Waals surface area contributed by atoms with Crippen molar-refractivity contribution >= 4 is 34.5 Å². The summed E-state index contributed by atoms with van der Waals surface area (Å²) in [6.07, 6.45) is 1.57. The SMILES string of the molecule is COC(=O)c1cn(C(=O)c2ccccc2SC(C)C)c2ccccc12. The van der Waals surface area contributed by atoms with Crippen molar-refractivity contribution in [1.29, 1.82) is 0 Å². The van der Waals surface area contributed by atoms with Crippen LogP contribution in [0.25, 0.3) is 10.9 Å². The molecular formula is C20H19NO3S. The molecule has 128 valence electrons. The summed E-state index contributed by atoms with van der Waals surface area (Å²) < 4.78 is 6.38. The Hall–Kier alpha value is -2.53. The molecule has 0 amide bonds. The molecule has 0 atom stereocenters. The number of nitrogens with zero attached hydrogens (tertiary/aromatic N) is 1. The number of benzene rings is 2. The van der Waals surface area contributed by atoms with E-state index in [1.807, 2.05) is 48.5 Å². The molecular weight excluding hydrogens is 334 g/mol. The summed E-state index contributed by atoms with van der Waals surface area (Å²) in [5.74, 6) is -0.609. The lowest BCUT2D eigenvalue weighted by atomic mass is 10.2. The zero-order chi connectivity index (χ0) is 18.0. The van der Waals surface area contributed by atoms with Gasteiger partial charge in [-0.15, -0.1) is 11.8 Å². The van der Waals surface area contributed by atoms with Crippen LogP contribution in [-0.4, -0.2) is 28.8 Å². The molecule has 1 heterocycles. The highest BCUT2D eigenvalue weighted by molar-refractivity contribution is 8.00. The molecule has 4 nitrogen and oxygen atoms in total. The van der Waals surface area contributed by atoms with Crippen molar-refractivity contribution in [2.45, 2.75) is 24.0 Å². The van der Waals surface area contributed by atoms with Gasteiger partial charge in [-0.05, 0) is 18.2 Å². The van der Waals surface area contributed by atoms with E-state index in [2.05, 4.69) is 13.8 Å². The molecule has 0 saturated carbocycles. The van der Waals surface area contributed by atoms with E-state index in [0.717, 1.165) is 4.90 Å². The summed E-state index contributed by atoms with van der Waals surface area (Å²) in [4.78, 5) is 26.2. The van der Waals surface area contributed by atoms with Gasteiger partial charge in [0.1, 0.15) is 0 Å². The number of esters is 1. The van der Waals surface area contributed by atoms with Crippen molar-refractivity contribution in [2.75, 3.05) is 7.11 Å². The van der Waals surface area contributed by atoms with Gasteiger partial charge in [-0.3, -0.25) is 9.36 Å².